The van der Waals surface area contributed by atoms with Crippen LogP contribution in [-0.4, -0.2) is 18.6 Å². The summed E-state index contributed by atoms with van der Waals surface area (Å²) in [5, 5.41) is 3.12. The molecule has 0 aliphatic rings. The van der Waals surface area contributed by atoms with Gasteiger partial charge in [0.25, 0.3) is 0 Å². The second kappa shape index (κ2) is 7.13. The first kappa shape index (κ1) is 15.4. The first-order chi connectivity index (χ1) is 10.2. The Balaban J connectivity index is 2.26. The van der Waals surface area contributed by atoms with Crippen molar-refractivity contribution >= 4 is 0 Å². The maximum absolute atomic E-state index is 13.9. The molecule has 2 aromatic rings. The van der Waals surface area contributed by atoms with E-state index < -0.39 is 17.7 Å². The molecule has 0 fully saturated rings. The number of halogens is 2. The summed E-state index contributed by atoms with van der Waals surface area (Å²) in [7, 11) is 1.54. The fourth-order valence-corrected chi connectivity index (χ4v) is 2.25. The van der Waals surface area contributed by atoms with E-state index in [2.05, 4.69) is 10.3 Å². The molecule has 0 saturated heterocycles. The molecule has 1 heterocycles. The third-order valence-corrected chi connectivity index (χ3v) is 3.25. The summed E-state index contributed by atoms with van der Waals surface area (Å²) in [5.41, 5.74) is 0.944. The Kier molecular flexibility index (Phi) is 5.22. The van der Waals surface area contributed by atoms with E-state index in [0.717, 1.165) is 5.56 Å². The van der Waals surface area contributed by atoms with Crippen LogP contribution in [0.3, 0.4) is 0 Å². The molecule has 0 saturated carbocycles. The van der Waals surface area contributed by atoms with Crippen LogP contribution in [-0.2, 0) is 6.42 Å². The molecule has 0 aliphatic carbocycles. The SMILES string of the molecule is CCNC(Cc1ccc(OC)nc1)c1c(F)cccc1F. The lowest BCUT2D eigenvalue weighted by atomic mass is 9.98. The third kappa shape index (κ3) is 3.76. The molecular weight excluding hydrogens is 274 g/mol. The average Bonchev–Trinajstić information content (AvgIpc) is 2.48. The Labute approximate surface area is 123 Å². The van der Waals surface area contributed by atoms with Gasteiger partial charge in [-0.25, -0.2) is 13.8 Å². The van der Waals surface area contributed by atoms with Gasteiger partial charge in [0.1, 0.15) is 11.6 Å². The zero-order valence-electron chi connectivity index (χ0n) is 12.1. The summed E-state index contributed by atoms with van der Waals surface area (Å²) in [6.45, 7) is 2.51. The minimum atomic E-state index is -0.539. The minimum Gasteiger partial charge on any atom is -0.481 e. The van der Waals surface area contributed by atoms with Gasteiger partial charge in [-0.05, 0) is 30.7 Å². The van der Waals surface area contributed by atoms with Crippen LogP contribution < -0.4 is 10.1 Å². The molecule has 1 aromatic carbocycles. The highest BCUT2D eigenvalue weighted by atomic mass is 19.1. The fraction of sp³-hybridized carbons (Fsp3) is 0.312. The first-order valence-corrected chi connectivity index (χ1v) is 6.82. The predicted octanol–water partition coefficient (Wildman–Crippen LogP) is 3.26. The van der Waals surface area contributed by atoms with E-state index in [-0.39, 0.29) is 5.56 Å². The monoisotopic (exact) mass is 292 g/mol. The van der Waals surface area contributed by atoms with Crippen molar-refractivity contribution < 1.29 is 13.5 Å². The normalized spacial score (nSPS) is 12.2. The molecular formula is C16H18F2N2O. The number of hydrogen-bond acceptors (Lipinski definition) is 3. The maximum atomic E-state index is 13.9. The summed E-state index contributed by atoms with van der Waals surface area (Å²) >= 11 is 0. The Morgan fingerprint density at radius 2 is 1.90 bits per heavy atom. The molecule has 0 aliphatic heterocycles. The first-order valence-electron chi connectivity index (χ1n) is 6.82. The highest BCUT2D eigenvalue weighted by molar-refractivity contribution is 5.27. The number of pyridine rings is 1. The van der Waals surface area contributed by atoms with Crippen LogP contribution in [0.15, 0.2) is 36.5 Å². The van der Waals surface area contributed by atoms with Crippen molar-refractivity contribution in [2.75, 3.05) is 13.7 Å². The molecule has 5 heteroatoms. The second-order valence-electron chi connectivity index (χ2n) is 4.66. The van der Waals surface area contributed by atoms with Gasteiger partial charge in [-0.3, -0.25) is 0 Å². The van der Waals surface area contributed by atoms with E-state index >= 15 is 0 Å². The molecule has 1 aromatic heterocycles. The molecule has 1 unspecified atom stereocenters. The van der Waals surface area contributed by atoms with Crippen molar-refractivity contribution in [1.82, 2.24) is 10.3 Å². The Morgan fingerprint density at radius 3 is 2.43 bits per heavy atom. The van der Waals surface area contributed by atoms with E-state index in [1.165, 1.54) is 25.3 Å². The van der Waals surface area contributed by atoms with E-state index in [0.29, 0.717) is 18.8 Å². The minimum absolute atomic E-state index is 0.0650. The number of nitrogens with zero attached hydrogens (tertiary/aromatic N) is 1. The van der Waals surface area contributed by atoms with E-state index in [1.54, 1.807) is 12.3 Å². The van der Waals surface area contributed by atoms with Crippen LogP contribution >= 0.6 is 0 Å². The summed E-state index contributed by atoms with van der Waals surface area (Å²) in [5.74, 6) is -0.569. The number of nitrogens with one attached hydrogen (secondary N) is 1. The average molecular weight is 292 g/mol. The highest BCUT2D eigenvalue weighted by Gasteiger charge is 2.19. The maximum Gasteiger partial charge on any atom is 0.212 e. The third-order valence-electron chi connectivity index (χ3n) is 3.25. The quantitative estimate of drug-likeness (QED) is 0.887. The second-order valence-corrected chi connectivity index (χ2v) is 4.66. The lowest BCUT2D eigenvalue weighted by Crippen LogP contribution is -2.25. The summed E-state index contributed by atoms with van der Waals surface area (Å²) in [4.78, 5) is 4.11. The van der Waals surface area contributed by atoms with Gasteiger partial charge in [0.2, 0.25) is 5.88 Å². The highest BCUT2D eigenvalue weighted by Crippen LogP contribution is 2.24. The van der Waals surface area contributed by atoms with Crippen molar-refractivity contribution in [1.29, 1.82) is 0 Å². The number of likely N-dealkylation sites (N-methyl/N-ethyl adjacent to an activating group) is 1. The summed E-state index contributed by atoms with van der Waals surface area (Å²) < 4.78 is 32.9. The molecule has 0 spiro atoms. The summed E-state index contributed by atoms with van der Waals surface area (Å²) in [6, 6.07) is 7.05. The number of methoxy groups -OCH3 is 1. The lowest BCUT2D eigenvalue weighted by molar-refractivity contribution is 0.397. The van der Waals surface area contributed by atoms with E-state index in [4.69, 9.17) is 4.74 Å². The van der Waals surface area contributed by atoms with Crippen molar-refractivity contribution in [3.63, 3.8) is 0 Å². The van der Waals surface area contributed by atoms with Crippen LogP contribution in [0, 0.1) is 11.6 Å². The molecule has 3 nitrogen and oxygen atoms in total. The Morgan fingerprint density at radius 1 is 1.19 bits per heavy atom. The zero-order valence-corrected chi connectivity index (χ0v) is 12.1. The van der Waals surface area contributed by atoms with Gasteiger partial charge in [0.05, 0.1) is 7.11 Å². The smallest absolute Gasteiger partial charge is 0.212 e. The van der Waals surface area contributed by atoms with Gasteiger partial charge in [-0.1, -0.05) is 19.1 Å². The lowest BCUT2D eigenvalue weighted by Gasteiger charge is -2.19. The van der Waals surface area contributed by atoms with Gasteiger partial charge >= 0.3 is 0 Å². The number of hydrogen-bond donors (Lipinski definition) is 1. The van der Waals surface area contributed by atoms with Crippen LogP contribution in [0.25, 0.3) is 0 Å². The largest absolute Gasteiger partial charge is 0.481 e. The van der Waals surface area contributed by atoms with Crippen molar-refractivity contribution in [3.8, 4) is 5.88 Å². The molecule has 0 bridgehead atoms. The van der Waals surface area contributed by atoms with Crippen LogP contribution in [0.1, 0.15) is 24.1 Å². The van der Waals surface area contributed by atoms with Gasteiger partial charge in [0.15, 0.2) is 0 Å². The molecule has 1 atom stereocenters. The molecule has 112 valence electrons. The standard InChI is InChI=1S/C16H18F2N2O/c1-3-19-14(16-12(17)5-4-6-13(16)18)9-11-7-8-15(21-2)20-10-11/h4-8,10,14,19H,3,9H2,1-2H3. The number of benzene rings is 1. The van der Waals surface area contributed by atoms with Gasteiger partial charge in [-0.2, -0.15) is 0 Å². The topological polar surface area (TPSA) is 34.1 Å². The molecule has 2 rings (SSSR count). The molecule has 21 heavy (non-hydrogen) atoms. The number of aromatic nitrogens is 1. The van der Waals surface area contributed by atoms with E-state index in [9.17, 15) is 8.78 Å². The Bertz CT molecular complexity index is 567. The molecule has 1 N–H and O–H groups in total. The molecule has 0 radical (unpaired) electrons. The van der Waals surface area contributed by atoms with Gasteiger partial charge in [0, 0.05) is 23.9 Å². The fourth-order valence-electron chi connectivity index (χ4n) is 2.25. The van der Waals surface area contributed by atoms with Crippen LogP contribution in [0.5, 0.6) is 5.88 Å². The van der Waals surface area contributed by atoms with E-state index in [1.807, 2.05) is 13.0 Å². The van der Waals surface area contributed by atoms with Gasteiger partial charge < -0.3 is 10.1 Å². The van der Waals surface area contributed by atoms with Crippen LogP contribution in [0.4, 0.5) is 8.78 Å². The van der Waals surface area contributed by atoms with Crippen molar-refractivity contribution in [2.45, 2.75) is 19.4 Å². The number of ether oxygens (including phenoxy) is 1. The predicted molar refractivity (Wildman–Crippen MR) is 77.3 cm³/mol. The van der Waals surface area contributed by atoms with Gasteiger partial charge in [-0.15, -0.1) is 0 Å². The van der Waals surface area contributed by atoms with Crippen molar-refractivity contribution in [3.05, 3.63) is 59.3 Å². The zero-order chi connectivity index (χ0) is 15.2. The number of rotatable bonds is 6. The Hall–Kier alpha value is -2.01. The summed E-state index contributed by atoms with van der Waals surface area (Å²) in [6.07, 6.45) is 2.10. The molecule has 0 amide bonds. The van der Waals surface area contributed by atoms with Crippen LogP contribution in [0.2, 0.25) is 0 Å². The van der Waals surface area contributed by atoms with Crippen molar-refractivity contribution in [2.24, 2.45) is 0 Å².